The normalized spacial score (nSPS) is 31.7. The Balaban J connectivity index is 1.69. The first-order chi connectivity index (χ1) is 7.85. The topological polar surface area (TPSA) is 49.8 Å². The molecule has 0 saturated heterocycles. The van der Waals surface area contributed by atoms with Gasteiger partial charge in [-0.3, -0.25) is 4.98 Å². The van der Waals surface area contributed by atoms with Crippen LogP contribution in [0.25, 0.3) is 0 Å². The molecule has 2 fully saturated rings. The maximum atomic E-state index is 4.45. The predicted octanol–water partition coefficient (Wildman–Crippen LogP) is 2.12. The van der Waals surface area contributed by atoms with E-state index < -0.39 is 0 Å². The summed E-state index contributed by atoms with van der Waals surface area (Å²) in [5.74, 6) is 3.56. The molecule has 4 heteroatoms. The van der Waals surface area contributed by atoms with Crippen LogP contribution in [0.2, 0.25) is 0 Å². The molecule has 3 rings (SSSR count). The molecular formula is C12H18N4. The molecule has 4 nitrogen and oxygen atoms in total. The molecule has 0 aliphatic heterocycles. The Labute approximate surface area is 95.9 Å². The predicted molar refractivity (Wildman–Crippen MR) is 64.4 cm³/mol. The van der Waals surface area contributed by atoms with Crippen molar-refractivity contribution in [3.8, 4) is 0 Å². The van der Waals surface area contributed by atoms with Crippen molar-refractivity contribution in [1.29, 1.82) is 0 Å². The van der Waals surface area contributed by atoms with Gasteiger partial charge in [0, 0.05) is 13.1 Å². The number of nitrogens with zero attached hydrogens (tertiary/aromatic N) is 2. The first-order valence-electron chi connectivity index (χ1n) is 6.11. The van der Waals surface area contributed by atoms with Gasteiger partial charge >= 0.3 is 0 Å². The third kappa shape index (κ3) is 1.72. The van der Waals surface area contributed by atoms with Gasteiger partial charge in [0.25, 0.3) is 0 Å². The maximum absolute atomic E-state index is 4.45. The summed E-state index contributed by atoms with van der Waals surface area (Å²) in [6, 6.07) is 0.625. The van der Waals surface area contributed by atoms with Gasteiger partial charge in [-0.2, -0.15) is 0 Å². The van der Waals surface area contributed by atoms with Gasteiger partial charge in [0.2, 0.25) is 0 Å². The zero-order chi connectivity index (χ0) is 11.0. The van der Waals surface area contributed by atoms with Crippen LogP contribution in [0.4, 0.5) is 11.6 Å². The van der Waals surface area contributed by atoms with Gasteiger partial charge in [-0.1, -0.05) is 6.42 Å². The number of aromatic nitrogens is 2. The van der Waals surface area contributed by atoms with E-state index in [1.54, 1.807) is 6.20 Å². The van der Waals surface area contributed by atoms with Crippen molar-refractivity contribution in [2.45, 2.75) is 31.7 Å². The first-order valence-corrected chi connectivity index (χ1v) is 6.11. The Morgan fingerprint density at radius 1 is 1.19 bits per heavy atom. The van der Waals surface area contributed by atoms with E-state index in [0.717, 1.165) is 23.5 Å². The van der Waals surface area contributed by atoms with E-state index in [4.69, 9.17) is 0 Å². The SMILES string of the molecule is CNc1cncc(NC2CC3CCC2C3)n1. The lowest BCUT2D eigenvalue weighted by Crippen LogP contribution is -2.26. The maximum Gasteiger partial charge on any atom is 0.147 e. The molecule has 16 heavy (non-hydrogen) atoms. The summed E-state index contributed by atoms with van der Waals surface area (Å²) in [5.41, 5.74) is 0. The largest absolute Gasteiger partial charge is 0.372 e. The molecule has 1 aromatic heterocycles. The fourth-order valence-corrected chi connectivity index (χ4v) is 3.17. The van der Waals surface area contributed by atoms with Crippen molar-refractivity contribution in [2.24, 2.45) is 11.8 Å². The van der Waals surface area contributed by atoms with Crippen LogP contribution in [0.1, 0.15) is 25.7 Å². The molecule has 0 amide bonds. The highest BCUT2D eigenvalue weighted by Crippen LogP contribution is 2.45. The zero-order valence-corrected chi connectivity index (χ0v) is 9.61. The van der Waals surface area contributed by atoms with E-state index in [9.17, 15) is 0 Å². The van der Waals surface area contributed by atoms with E-state index >= 15 is 0 Å². The highest BCUT2D eigenvalue weighted by atomic mass is 15.1. The molecule has 3 atom stereocenters. The number of fused-ring (bicyclic) bond motifs is 2. The molecule has 2 saturated carbocycles. The zero-order valence-electron chi connectivity index (χ0n) is 9.61. The van der Waals surface area contributed by atoms with E-state index in [0.29, 0.717) is 6.04 Å². The third-order valence-corrected chi connectivity index (χ3v) is 3.96. The Bertz CT molecular complexity index is 379. The molecule has 1 aromatic rings. The van der Waals surface area contributed by atoms with E-state index in [1.807, 2.05) is 13.2 Å². The van der Waals surface area contributed by atoms with Gasteiger partial charge in [0.15, 0.2) is 0 Å². The third-order valence-electron chi connectivity index (χ3n) is 3.96. The van der Waals surface area contributed by atoms with Crippen LogP contribution in [-0.4, -0.2) is 23.1 Å². The van der Waals surface area contributed by atoms with Gasteiger partial charge in [-0.15, -0.1) is 0 Å². The van der Waals surface area contributed by atoms with Crippen molar-refractivity contribution in [3.63, 3.8) is 0 Å². The second-order valence-corrected chi connectivity index (χ2v) is 4.97. The molecule has 0 radical (unpaired) electrons. The lowest BCUT2D eigenvalue weighted by atomic mass is 9.95. The average Bonchev–Trinajstić information content (AvgIpc) is 2.91. The molecule has 0 aromatic carbocycles. The van der Waals surface area contributed by atoms with Crippen LogP contribution in [-0.2, 0) is 0 Å². The highest BCUT2D eigenvalue weighted by molar-refractivity contribution is 5.42. The summed E-state index contributed by atoms with van der Waals surface area (Å²) < 4.78 is 0. The van der Waals surface area contributed by atoms with E-state index in [2.05, 4.69) is 20.6 Å². The van der Waals surface area contributed by atoms with Crippen LogP contribution in [0.15, 0.2) is 12.4 Å². The van der Waals surface area contributed by atoms with Crippen molar-refractivity contribution in [3.05, 3.63) is 12.4 Å². The van der Waals surface area contributed by atoms with Crippen molar-refractivity contribution in [1.82, 2.24) is 9.97 Å². The van der Waals surface area contributed by atoms with Crippen molar-refractivity contribution < 1.29 is 0 Å². The number of rotatable bonds is 3. The van der Waals surface area contributed by atoms with Gasteiger partial charge in [-0.05, 0) is 31.1 Å². The number of hydrogen-bond acceptors (Lipinski definition) is 4. The van der Waals surface area contributed by atoms with Gasteiger partial charge in [0.1, 0.15) is 11.6 Å². The van der Waals surface area contributed by atoms with E-state index in [-0.39, 0.29) is 0 Å². The van der Waals surface area contributed by atoms with Crippen LogP contribution in [0.5, 0.6) is 0 Å². The van der Waals surface area contributed by atoms with Crippen molar-refractivity contribution in [2.75, 3.05) is 17.7 Å². The summed E-state index contributed by atoms with van der Waals surface area (Å²) in [6.07, 6.45) is 9.11. The van der Waals surface area contributed by atoms with Crippen LogP contribution >= 0.6 is 0 Å². The summed E-state index contributed by atoms with van der Waals surface area (Å²) in [6.45, 7) is 0. The first kappa shape index (κ1) is 9.87. The lowest BCUT2D eigenvalue weighted by Gasteiger charge is -2.23. The molecule has 2 bridgehead atoms. The molecule has 86 valence electrons. The van der Waals surface area contributed by atoms with Crippen LogP contribution < -0.4 is 10.6 Å². The summed E-state index contributed by atoms with van der Waals surface area (Å²) >= 11 is 0. The fourth-order valence-electron chi connectivity index (χ4n) is 3.17. The quantitative estimate of drug-likeness (QED) is 0.816. The molecule has 2 aliphatic rings. The second kappa shape index (κ2) is 3.92. The smallest absolute Gasteiger partial charge is 0.147 e. The van der Waals surface area contributed by atoms with Gasteiger partial charge in [-0.25, -0.2) is 4.98 Å². The average molecular weight is 218 g/mol. The van der Waals surface area contributed by atoms with Crippen LogP contribution in [0.3, 0.4) is 0 Å². The Morgan fingerprint density at radius 2 is 2.06 bits per heavy atom. The van der Waals surface area contributed by atoms with Crippen molar-refractivity contribution >= 4 is 11.6 Å². The molecule has 1 heterocycles. The molecule has 2 aliphatic carbocycles. The van der Waals surface area contributed by atoms with Gasteiger partial charge in [0.05, 0.1) is 12.4 Å². The molecule has 2 N–H and O–H groups in total. The minimum absolute atomic E-state index is 0.625. The fraction of sp³-hybridized carbons (Fsp3) is 0.667. The van der Waals surface area contributed by atoms with Crippen LogP contribution in [0, 0.1) is 11.8 Å². The monoisotopic (exact) mass is 218 g/mol. The minimum atomic E-state index is 0.625. The standard InChI is InChI=1S/C12H18N4/c1-13-11-6-14-7-12(16-11)15-10-5-8-2-3-9(10)4-8/h6-10H,2-5H2,1H3,(H2,13,15,16). The molecular weight excluding hydrogens is 200 g/mol. The summed E-state index contributed by atoms with van der Waals surface area (Å²) in [4.78, 5) is 8.63. The molecule has 0 spiro atoms. The number of hydrogen-bond donors (Lipinski definition) is 2. The Hall–Kier alpha value is -1.32. The minimum Gasteiger partial charge on any atom is -0.372 e. The summed E-state index contributed by atoms with van der Waals surface area (Å²) in [7, 11) is 1.87. The number of anilines is 2. The van der Waals surface area contributed by atoms with E-state index in [1.165, 1.54) is 25.7 Å². The number of nitrogens with one attached hydrogen (secondary N) is 2. The highest BCUT2D eigenvalue weighted by Gasteiger charge is 2.39. The molecule has 3 unspecified atom stereocenters. The summed E-state index contributed by atoms with van der Waals surface area (Å²) in [5, 5.41) is 6.55. The lowest BCUT2D eigenvalue weighted by molar-refractivity contribution is 0.439. The second-order valence-electron chi connectivity index (χ2n) is 4.97. The Kier molecular flexibility index (Phi) is 2.42. The Morgan fingerprint density at radius 3 is 2.75 bits per heavy atom. The van der Waals surface area contributed by atoms with Gasteiger partial charge < -0.3 is 10.6 Å².